The van der Waals surface area contributed by atoms with Gasteiger partial charge in [0, 0.05) is 37.4 Å². The van der Waals surface area contributed by atoms with Crippen LogP contribution in [0.15, 0.2) is 6.20 Å². The van der Waals surface area contributed by atoms with Crippen molar-refractivity contribution in [1.29, 1.82) is 0 Å². The summed E-state index contributed by atoms with van der Waals surface area (Å²) in [6.45, 7) is 11.5. The zero-order chi connectivity index (χ0) is 17.2. The van der Waals surface area contributed by atoms with Gasteiger partial charge in [-0.25, -0.2) is 4.79 Å². The third-order valence-corrected chi connectivity index (χ3v) is 4.46. The molecule has 0 radical (unpaired) electrons. The first-order valence-electron chi connectivity index (χ1n) is 8.39. The molecule has 1 amide bonds. The molecule has 1 fully saturated rings. The number of rotatable bonds is 4. The zero-order valence-electron chi connectivity index (χ0n) is 15.2. The van der Waals surface area contributed by atoms with E-state index in [1.807, 2.05) is 43.6 Å². The third-order valence-electron chi connectivity index (χ3n) is 4.46. The van der Waals surface area contributed by atoms with E-state index in [9.17, 15) is 4.79 Å². The summed E-state index contributed by atoms with van der Waals surface area (Å²) >= 11 is 0. The SMILES string of the molecule is Cc1c(CN[C@H](C)[C@H]2CCCN2C(=O)OC(C)(C)C)cnn1C. The molecule has 0 aliphatic carbocycles. The summed E-state index contributed by atoms with van der Waals surface area (Å²) in [5, 5.41) is 7.81. The van der Waals surface area contributed by atoms with E-state index in [1.165, 1.54) is 11.3 Å². The molecule has 1 aromatic heterocycles. The molecule has 2 atom stereocenters. The third kappa shape index (κ3) is 4.47. The number of nitrogens with zero attached hydrogens (tertiary/aromatic N) is 3. The van der Waals surface area contributed by atoms with Crippen LogP contribution in [0.5, 0.6) is 0 Å². The van der Waals surface area contributed by atoms with E-state index in [4.69, 9.17) is 4.74 Å². The summed E-state index contributed by atoms with van der Waals surface area (Å²) in [4.78, 5) is 14.2. The monoisotopic (exact) mass is 322 g/mol. The predicted octanol–water partition coefficient (Wildman–Crippen LogP) is 2.61. The summed E-state index contributed by atoms with van der Waals surface area (Å²) in [7, 11) is 1.95. The number of aryl methyl sites for hydroxylation is 1. The van der Waals surface area contributed by atoms with Crippen LogP contribution in [0, 0.1) is 6.92 Å². The van der Waals surface area contributed by atoms with Crippen LogP contribution < -0.4 is 5.32 Å². The second kappa shape index (κ2) is 6.91. The topological polar surface area (TPSA) is 59.4 Å². The lowest BCUT2D eigenvalue weighted by molar-refractivity contribution is 0.0200. The van der Waals surface area contributed by atoms with Crippen molar-refractivity contribution in [2.75, 3.05) is 6.54 Å². The minimum absolute atomic E-state index is 0.182. The molecule has 0 saturated carbocycles. The Morgan fingerprint density at radius 3 is 2.78 bits per heavy atom. The molecule has 2 rings (SSSR count). The number of hydrogen-bond acceptors (Lipinski definition) is 4. The van der Waals surface area contributed by atoms with Gasteiger partial charge in [0.15, 0.2) is 0 Å². The van der Waals surface area contributed by atoms with Gasteiger partial charge in [-0.15, -0.1) is 0 Å². The molecule has 0 aromatic carbocycles. The van der Waals surface area contributed by atoms with Crippen LogP contribution in [-0.2, 0) is 18.3 Å². The molecule has 2 heterocycles. The van der Waals surface area contributed by atoms with Crippen molar-refractivity contribution in [3.8, 4) is 0 Å². The molecule has 0 bridgehead atoms. The maximum atomic E-state index is 12.4. The Morgan fingerprint density at radius 2 is 2.22 bits per heavy atom. The molecule has 1 saturated heterocycles. The van der Waals surface area contributed by atoms with Gasteiger partial charge in [0.05, 0.1) is 12.2 Å². The highest BCUT2D eigenvalue weighted by Crippen LogP contribution is 2.23. The van der Waals surface area contributed by atoms with E-state index in [0.29, 0.717) is 0 Å². The van der Waals surface area contributed by atoms with Crippen LogP contribution in [0.4, 0.5) is 4.79 Å². The second-order valence-electron chi connectivity index (χ2n) is 7.43. The minimum Gasteiger partial charge on any atom is -0.444 e. The fourth-order valence-corrected chi connectivity index (χ4v) is 2.98. The van der Waals surface area contributed by atoms with Gasteiger partial charge >= 0.3 is 6.09 Å². The van der Waals surface area contributed by atoms with Gasteiger partial charge < -0.3 is 15.0 Å². The van der Waals surface area contributed by atoms with Crippen LogP contribution in [0.1, 0.15) is 51.8 Å². The Morgan fingerprint density at radius 1 is 1.52 bits per heavy atom. The largest absolute Gasteiger partial charge is 0.444 e. The summed E-state index contributed by atoms with van der Waals surface area (Å²) in [5.41, 5.74) is 1.91. The van der Waals surface area contributed by atoms with Gasteiger partial charge in [0.2, 0.25) is 0 Å². The van der Waals surface area contributed by atoms with Gasteiger partial charge in [-0.2, -0.15) is 5.10 Å². The smallest absolute Gasteiger partial charge is 0.410 e. The van der Waals surface area contributed by atoms with E-state index in [2.05, 4.69) is 24.3 Å². The first kappa shape index (κ1) is 17.8. The number of aromatic nitrogens is 2. The zero-order valence-corrected chi connectivity index (χ0v) is 15.2. The number of carbonyl (C=O) groups is 1. The Kier molecular flexibility index (Phi) is 5.34. The highest BCUT2D eigenvalue weighted by atomic mass is 16.6. The van der Waals surface area contributed by atoms with Crippen molar-refractivity contribution in [3.05, 3.63) is 17.5 Å². The van der Waals surface area contributed by atoms with E-state index in [-0.39, 0.29) is 18.2 Å². The van der Waals surface area contributed by atoms with Gasteiger partial charge in [0.25, 0.3) is 0 Å². The Balaban J connectivity index is 1.93. The van der Waals surface area contributed by atoms with E-state index in [1.54, 1.807) is 0 Å². The number of amides is 1. The van der Waals surface area contributed by atoms with E-state index in [0.717, 1.165) is 25.9 Å². The maximum Gasteiger partial charge on any atom is 0.410 e. The number of ether oxygens (including phenoxy) is 1. The Hall–Kier alpha value is -1.56. The molecule has 1 N–H and O–H groups in total. The lowest BCUT2D eigenvalue weighted by Crippen LogP contribution is -2.48. The first-order chi connectivity index (χ1) is 10.7. The summed E-state index contributed by atoms with van der Waals surface area (Å²) in [6.07, 6.45) is 3.74. The highest BCUT2D eigenvalue weighted by Gasteiger charge is 2.35. The van der Waals surface area contributed by atoms with Gasteiger partial charge in [-0.3, -0.25) is 4.68 Å². The minimum atomic E-state index is -0.451. The highest BCUT2D eigenvalue weighted by molar-refractivity contribution is 5.69. The Bertz CT molecular complexity index is 547. The van der Waals surface area contributed by atoms with Gasteiger partial charge in [-0.05, 0) is 47.5 Å². The van der Waals surface area contributed by atoms with Crippen LogP contribution >= 0.6 is 0 Å². The van der Waals surface area contributed by atoms with Crippen LogP contribution in [-0.4, -0.2) is 45.0 Å². The fraction of sp³-hybridized carbons (Fsp3) is 0.765. The van der Waals surface area contributed by atoms with Crippen LogP contribution in [0.3, 0.4) is 0 Å². The number of nitrogens with one attached hydrogen (secondary N) is 1. The molecule has 0 unspecified atom stereocenters. The van der Waals surface area contributed by atoms with Gasteiger partial charge in [-0.1, -0.05) is 0 Å². The van der Waals surface area contributed by atoms with Crippen molar-refractivity contribution in [1.82, 2.24) is 20.0 Å². The van der Waals surface area contributed by atoms with Crippen molar-refractivity contribution < 1.29 is 9.53 Å². The van der Waals surface area contributed by atoms with Crippen molar-refractivity contribution >= 4 is 6.09 Å². The standard InChI is InChI=1S/C17H30N4O2/c1-12(18-10-14-11-19-20(6)13(14)2)15-8-7-9-21(15)16(22)23-17(3,4)5/h11-12,15,18H,7-10H2,1-6H3/t12-,15-/m1/s1. The summed E-state index contributed by atoms with van der Waals surface area (Å²) in [6, 6.07) is 0.395. The second-order valence-corrected chi connectivity index (χ2v) is 7.43. The molecule has 6 heteroatoms. The molecule has 130 valence electrons. The predicted molar refractivity (Wildman–Crippen MR) is 90.2 cm³/mol. The average molecular weight is 322 g/mol. The number of hydrogen-bond donors (Lipinski definition) is 1. The molecule has 23 heavy (non-hydrogen) atoms. The van der Waals surface area contributed by atoms with Crippen LogP contribution in [0.2, 0.25) is 0 Å². The van der Waals surface area contributed by atoms with Gasteiger partial charge in [0.1, 0.15) is 5.60 Å². The van der Waals surface area contributed by atoms with Crippen molar-refractivity contribution in [2.24, 2.45) is 7.05 Å². The molecule has 1 aliphatic heterocycles. The molecule has 0 spiro atoms. The lowest BCUT2D eigenvalue weighted by atomic mass is 10.1. The molecule has 1 aromatic rings. The fourth-order valence-electron chi connectivity index (χ4n) is 2.98. The molecule has 6 nitrogen and oxygen atoms in total. The lowest BCUT2D eigenvalue weighted by Gasteiger charge is -2.32. The first-order valence-corrected chi connectivity index (χ1v) is 8.39. The van der Waals surface area contributed by atoms with E-state index >= 15 is 0 Å². The molecule has 1 aliphatic rings. The molecular weight excluding hydrogens is 292 g/mol. The normalized spacial score (nSPS) is 19.9. The Labute approximate surface area is 139 Å². The van der Waals surface area contributed by atoms with Crippen molar-refractivity contribution in [2.45, 2.75) is 71.7 Å². The molecular formula is C17H30N4O2. The van der Waals surface area contributed by atoms with Crippen molar-refractivity contribution in [3.63, 3.8) is 0 Å². The maximum absolute atomic E-state index is 12.4. The summed E-state index contributed by atoms with van der Waals surface area (Å²) in [5.74, 6) is 0. The quantitative estimate of drug-likeness (QED) is 0.926. The average Bonchev–Trinajstić information content (AvgIpc) is 3.04. The van der Waals surface area contributed by atoms with Crippen LogP contribution in [0.25, 0.3) is 0 Å². The summed E-state index contributed by atoms with van der Waals surface area (Å²) < 4.78 is 7.41. The van der Waals surface area contributed by atoms with E-state index < -0.39 is 5.60 Å². The number of carbonyl (C=O) groups excluding carboxylic acids is 1. The number of likely N-dealkylation sites (tertiary alicyclic amines) is 1.